The summed E-state index contributed by atoms with van der Waals surface area (Å²) in [7, 11) is 0. The highest BCUT2D eigenvalue weighted by Crippen LogP contribution is 2.45. The Morgan fingerprint density at radius 2 is 1.87 bits per heavy atom. The molecule has 1 saturated carbocycles. The first-order chi connectivity index (χ1) is 14.9. The zero-order valence-electron chi connectivity index (χ0n) is 18.1. The topological polar surface area (TPSA) is 68.3 Å². The van der Waals surface area contributed by atoms with Crippen LogP contribution in [0.4, 0.5) is 5.69 Å². The molecule has 0 atom stereocenters. The maximum atomic E-state index is 12.6. The van der Waals surface area contributed by atoms with Crippen molar-refractivity contribution in [2.75, 3.05) is 11.9 Å². The highest BCUT2D eigenvalue weighted by atomic mass is 32.1. The van der Waals surface area contributed by atoms with Gasteiger partial charge in [-0.25, -0.2) is 4.98 Å². The van der Waals surface area contributed by atoms with E-state index >= 15 is 0 Å². The summed E-state index contributed by atoms with van der Waals surface area (Å²) in [6.07, 6.45) is 5.34. The molecular formula is C25H28N2O3S. The number of ether oxygens (including phenoxy) is 1. The van der Waals surface area contributed by atoms with Crippen molar-refractivity contribution in [3.63, 3.8) is 0 Å². The van der Waals surface area contributed by atoms with Crippen molar-refractivity contribution in [1.82, 2.24) is 4.98 Å². The van der Waals surface area contributed by atoms with Crippen LogP contribution in [0, 0.1) is 19.3 Å². The summed E-state index contributed by atoms with van der Waals surface area (Å²) < 4.78 is 6.52. The summed E-state index contributed by atoms with van der Waals surface area (Å²) in [5.41, 5.74) is 3.89. The standard InChI is InChI=1S/C25H28N2O3S/c1-17-9-10-19(13-18(17)2)26-22(28)16-30-24(29)15-25(11-5-6-12-25)14-23-27-20-7-3-4-8-21(20)31-23/h3-4,7-10,13H,5-6,11-12,14-16H2,1-2H3,(H,26,28). The maximum absolute atomic E-state index is 12.6. The van der Waals surface area contributed by atoms with Gasteiger partial charge in [0.2, 0.25) is 0 Å². The van der Waals surface area contributed by atoms with Crippen LogP contribution in [0.5, 0.6) is 0 Å². The van der Waals surface area contributed by atoms with Gasteiger partial charge in [0, 0.05) is 12.1 Å². The molecule has 2 aromatic carbocycles. The van der Waals surface area contributed by atoms with Crippen molar-refractivity contribution in [3.8, 4) is 0 Å². The minimum Gasteiger partial charge on any atom is -0.456 e. The smallest absolute Gasteiger partial charge is 0.306 e. The number of nitrogens with zero attached hydrogens (tertiary/aromatic N) is 1. The largest absolute Gasteiger partial charge is 0.456 e. The number of hydrogen-bond donors (Lipinski definition) is 1. The molecule has 0 aliphatic heterocycles. The number of hydrogen-bond acceptors (Lipinski definition) is 5. The predicted octanol–water partition coefficient (Wildman–Crippen LogP) is 5.59. The van der Waals surface area contributed by atoms with Gasteiger partial charge >= 0.3 is 5.97 Å². The van der Waals surface area contributed by atoms with Crippen molar-refractivity contribution < 1.29 is 14.3 Å². The van der Waals surface area contributed by atoms with E-state index in [-0.39, 0.29) is 23.9 Å². The Bertz CT molecular complexity index is 1070. The number of anilines is 1. The monoisotopic (exact) mass is 436 g/mol. The highest BCUT2D eigenvalue weighted by Gasteiger charge is 2.37. The number of esters is 1. The van der Waals surface area contributed by atoms with Crippen LogP contribution in [0.3, 0.4) is 0 Å². The van der Waals surface area contributed by atoms with Gasteiger partial charge in [0.15, 0.2) is 6.61 Å². The fourth-order valence-corrected chi connectivity index (χ4v) is 5.52. The van der Waals surface area contributed by atoms with E-state index in [4.69, 9.17) is 9.72 Å². The van der Waals surface area contributed by atoms with Gasteiger partial charge in [-0.2, -0.15) is 0 Å². The molecule has 5 nitrogen and oxygen atoms in total. The van der Waals surface area contributed by atoms with Crippen molar-refractivity contribution in [2.24, 2.45) is 5.41 Å². The minimum absolute atomic E-state index is 0.116. The van der Waals surface area contributed by atoms with Gasteiger partial charge in [-0.05, 0) is 67.5 Å². The van der Waals surface area contributed by atoms with Crippen molar-refractivity contribution in [1.29, 1.82) is 0 Å². The van der Waals surface area contributed by atoms with Gasteiger partial charge in [0.1, 0.15) is 0 Å². The lowest BCUT2D eigenvalue weighted by Crippen LogP contribution is -2.27. The van der Waals surface area contributed by atoms with Crippen LogP contribution in [0.15, 0.2) is 42.5 Å². The fraction of sp³-hybridized carbons (Fsp3) is 0.400. The molecule has 0 saturated heterocycles. The third-order valence-corrected chi connectivity index (χ3v) is 7.24. The second kappa shape index (κ2) is 9.18. The number of benzene rings is 2. The lowest BCUT2D eigenvalue weighted by atomic mass is 9.80. The van der Waals surface area contributed by atoms with E-state index in [0.29, 0.717) is 12.1 Å². The Hall–Kier alpha value is -2.73. The van der Waals surface area contributed by atoms with Crippen LogP contribution < -0.4 is 5.32 Å². The molecule has 0 spiro atoms. The third-order valence-electron chi connectivity index (χ3n) is 6.20. The molecular weight excluding hydrogens is 408 g/mol. The van der Waals surface area contributed by atoms with E-state index in [1.807, 2.05) is 50.2 Å². The molecule has 0 radical (unpaired) electrons. The van der Waals surface area contributed by atoms with E-state index in [1.165, 1.54) is 10.3 Å². The minimum atomic E-state index is -0.316. The Balaban J connectivity index is 1.34. The number of nitrogens with one attached hydrogen (secondary N) is 1. The number of para-hydroxylation sites is 1. The molecule has 1 heterocycles. The number of rotatable bonds is 7. The average Bonchev–Trinajstić information content (AvgIpc) is 3.35. The first-order valence-corrected chi connectivity index (χ1v) is 11.6. The second-order valence-corrected chi connectivity index (χ2v) is 9.76. The second-order valence-electron chi connectivity index (χ2n) is 8.64. The van der Waals surface area contributed by atoms with Gasteiger partial charge in [-0.1, -0.05) is 31.0 Å². The number of amides is 1. The van der Waals surface area contributed by atoms with Crippen molar-refractivity contribution >= 4 is 39.1 Å². The molecule has 1 N–H and O–H groups in total. The van der Waals surface area contributed by atoms with Crippen LogP contribution in [-0.4, -0.2) is 23.5 Å². The summed E-state index contributed by atoms with van der Waals surface area (Å²) in [5, 5.41) is 3.87. The number of carbonyl (C=O) groups excluding carboxylic acids is 2. The third kappa shape index (κ3) is 5.31. The van der Waals surface area contributed by atoms with Gasteiger partial charge in [0.25, 0.3) is 5.91 Å². The Morgan fingerprint density at radius 1 is 1.10 bits per heavy atom. The highest BCUT2D eigenvalue weighted by molar-refractivity contribution is 7.18. The molecule has 1 aliphatic rings. The molecule has 1 fully saturated rings. The Morgan fingerprint density at radius 3 is 2.61 bits per heavy atom. The van der Waals surface area contributed by atoms with Crippen LogP contribution >= 0.6 is 11.3 Å². The molecule has 1 aliphatic carbocycles. The lowest BCUT2D eigenvalue weighted by Gasteiger charge is -2.26. The predicted molar refractivity (Wildman–Crippen MR) is 124 cm³/mol. The van der Waals surface area contributed by atoms with Crippen LogP contribution in [0.2, 0.25) is 0 Å². The number of aromatic nitrogens is 1. The zero-order chi connectivity index (χ0) is 21.8. The van der Waals surface area contributed by atoms with E-state index in [0.717, 1.165) is 48.2 Å². The Kier molecular flexibility index (Phi) is 6.37. The van der Waals surface area contributed by atoms with E-state index in [1.54, 1.807) is 11.3 Å². The van der Waals surface area contributed by atoms with Crippen LogP contribution in [0.1, 0.15) is 48.2 Å². The number of thiazole rings is 1. The van der Waals surface area contributed by atoms with Gasteiger partial charge in [-0.15, -0.1) is 11.3 Å². The molecule has 6 heteroatoms. The summed E-state index contributed by atoms with van der Waals surface area (Å²) in [5.74, 6) is -0.624. The number of carbonyl (C=O) groups is 2. The van der Waals surface area contributed by atoms with Gasteiger partial charge in [0.05, 0.1) is 21.6 Å². The van der Waals surface area contributed by atoms with E-state index < -0.39 is 0 Å². The normalized spacial score (nSPS) is 15.2. The fourth-order valence-electron chi connectivity index (χ4n) is 4.38. The average molecular weight is 437 g/mol. The molecule has 162 valence electrons. The van der Waals surface area contributed by atoms with Crippen LogP contribution in [0.25, 0.3) is 10.2 Å². The molecule has 31 heavy (non-hydrogen) atoms. The quantitative estimate of drug-likeness (QED) is 0.490. The summed E-state index contributed by atoms with van der Waals surface area (Å²) in [6, 6.07) is 13.9. The maximum Gasteiger partial charge on any atom is 0.306 e. The molecule has 0 unspecified atom stereocenters. The summed E-state index contributed by atoms with van der Waals surface area (Å²) in [4.78, 5) is 29.6. The molecule has 4 rings (SSSR count). The van der Waals surface area contributed by atoms with E-state index in [2.05, 4.69) is 11.4 Å². The molecule has 3 aromatic rings. The Labute approximate surface area is 186 Å². The van der Waals surface area contributed by atoms with Gasteiger partial charge in [-0.3, -0.25) is 9.59 Å². The molecule has 1 aromatic heterocycles. The van der Waals surface area contributed by atoms with E-state index in [9.17, 15) is 9.59 Å². The molecule has 0 bridgehead atoms. The summed E-state index contributed by atoms with van der Waals surface area (Å²) >= 11 is 1.70. The zero-order valence-corrected chi connectivity index (χ0v) is 18.9. The van der Waals surface area contributed by atoms with Crippen molar-refractivity contribution in [3.05, 3.63) is 58.6 Å². The van der Waals surface area contributed by atoms with Gasteiger partial charge < -0.3 is 10.1 Å². The summed E-state index contributed by atoms with van der Waals surface area (Å²) in [6.45, 7) is 3.76. The molecule has 1 amide bonds. The number of fused-ring (bicyclic) bond motifs is 1. The van der Waals surface area contributed by atoms with Crippen LogP contribution in [-0.2, 0) is 20.7 Å². The number of aryl methyl sites for hydroxylation is 2. The SMILES string of the molecule is Cc1ccc(NC(=O)COC(=O)CC2(Cc3nc4ccccc4s3)CCCC2)cc1C. The first kappa shape index (κ1) is 21.5. The first-order valence-electron chi connectivity index (χ1n) is 10.8. The van der Waals surface area contributed by atoms with Crippen molar-refractivity contribution in [2.45, 2.75) is 52.4 Å². The lowest BCUT2D eigenvalue weighted by molar-refractivity contribution is -0.149.